The normalized spacial score (nSPS) is 12.7. The molecule has 1 heterocycles. The first-order chi connectivity index (χ1) is 8.88. The first kappa shape index (κ1) is 11.1. The summed E-state index contributed by atoms with van der Waals surface area (Å²) < 4.78 is 11.4. The van der Waals surface area contributed by atoms with E-state index < -0.39 is 0 Å². The maximum Gasteiger partial charge on any atom is 0.140 e. The number of furan rings is 1. The Hall–Kier alpha value is -2.06. The van der Waals surface area contributed by atoms with Crippen LogP contribution < -0.4 is 0 Å². The lowest BCUT2D eigenvalue weighted by Gasteiger charge is -2.12. The molecule has 0 radical (unpaired) electrons. The fraction of sp³-hybridized carbons (Fsp3) is 0.125. The van der Waals surface area contributed by atoms with Gasteiger partial charge in [0, 0.05) is 12.5 Å². The van der Waals surface area contributed by atoms with E-state index >= 15 is 0 Å². The topological polar surface area (TPSA) is 22.4 Å². The van der Waals surface area contributed by atoms with Crippen molar-refractivity contribution in [2.45, 2.75) is 6.10 Å². The van der Waals surface area contributed by atoms with Crippen LogP contribution in [0.4, 0.5) is 0 Å². The van der Waals surface area contributed by atoms with Crippen molar-refractivity contribution in [2.24, 2.45) is 0 Å². The van der Waals surface area contributed by atoms with E-state index in [1.807, 2.05) is 60.7 Å². The van der Waals surface area contributed by atoms with E-state index in [2.05, 4.69) is 0 Å². The van der Waals surface area contributed by atoms with Crippen molar-refractivity contribution in [1.29, 1.82) is 0 Å². The Kier molecular flexibility index (Phi) is 2.87. The molecule has 2 nitrogen and oxygen atoms in total. The third-order valence-corrected chi connectivity index (χ3v) is 3.04. The van der Waals surface area contributed by atoms with Gasteiger partial charge in [0.1, 0.15) is 17.4 Å². The van der Waals surface area contributed by atoms with Gasteiger partial charge in [-0.3, -0.25) is 0 Å². The second kappa shape index (κ2) is 4.67. The number of rotatable bonds is 3. The molecule has 0 spiro atoms. The summed E-state index contributed by atoms with van der Waals surface area (Å²) in [6.07, 6.45) is -0.154. The van der Waals surface area contributed by atoms with Gasteiger partial charge in [-0.15, -0.1) is 0 Å². The number of ether oxygens (including phenoxy) is 1. The van der Waals surface area contributed by atoms with E-state index in [4.69, 9.17) is 9.15 Å². The highest BCUT2D eigenvalue weighted by atomic mass is 16.5. The van der Waals surface area contributed by atoms with E-state index in [1.54, 1.807) is 7.11 Å². The molecule has 1 aromatic heterocycles. The van der Waals surface area contributed by atoms with Crippen LogP contribution in [0.5, 0.6) is 0 Å². The summed E-state index contributed by atoms with van der Waals surface area (Å²) >= 11 is 0. The smallest absolute Gasteiger partial charge is 0.140 e. The Morgan fingerprint density at radius 1 is 0.944 bits per heavy atom. The molecule has 0 aliphatic heterocycles. The lowest BCUT2D eigenvalue weighted by atomic mass is 10.1. The standard InChI is InChI=1S/C16H14O2/c1-17-16(12-7-3-2-4-8-12)15-11-13-9-5-6-10-14(13)18-15/h2-11,16H,1H3. The molecule has 3 rings (SSSR count). The van der Waals surface area contributed by atoms with Gasteiger partial charge in [0.25, 0.3) is 0 Å². The van der Waals surface area contributed by atoms with E-state index in [9.17, 15) is 0 Å². The van der Waals surface area contributed by atoms with Crippen molar-refractivity contribution in [3.05, 3.63) is 72.0 Å². The lowest BCUT2D eigenvalue weighted by Crippen LogP contribution is -2.01. The largest absolute Gasteiger partial charge is 0.458 e. The Labute approximate surface area is 106 Å². The minimum absolute atomic E-state index is 0.154. The fourth-order valence-corrected chi connectivity index (χ4v) is 2.18. The van der Waals surface area contributed by atoms with Gasteiger partial charge in [0.05, 0.1) is 0 Å². The van der Waals surface area contributed by atoms with Crippen LogP contribution >= 0.6 is 0 Å². The van der Waals surface area contributed by atoms with Crippen LogP contribution in [-0.4, -0.2) is 7.11 Å². The second-order valence-electron chi connectivity index (χ2n) is 4.21. The molecule has 0 saturated heterocycles. The SMILES string of the molecule is COC(c1ccccc1)c1cc2ccccc2o1. The minimum Gasteiger partial charge on any atom is -0.458 e. The lowest BCUT2D eigenvalue weighted by molar-refractivity contribution is 0.118. The van der Waals surface area contributed by atoms with Crippen molar-refractivity contribution < 1.29 is 9.15 Å². The molecule has 0 bridgehead atoms. The highest BCUT2D eigenvalue weighted by Crippen LogP contribution is 2.30. The summed E-state index contributed by atoms with van der Waals surface area (Å²) in [5.74, 6) is 0.838. The number of hydrogen-bond acceptors (Lipinski definition) is 2. The number of hydrogen-bond donors (Lipinski definition) is 0. The molecule has 1 atom stereocenters. The van der Waals surface area contributed by atoms with Gasteiger partial charge >= 0.3 is 0 Å². The zero-order valence-electron chi connectivity index (χ0n) is 10.2. The molecule has 3 aromatic rings. The van der Waals surface area contributed by atoms with Crippen molar-refractivity contribution in [3.8, 4) is 0 Å². The first-order valence-electron chi connectivity index (χ1n) is 5.94. The van der Waals surface area contributed by atoms with E-state index in [0.717, 1.165) is 22.3 Å². The Balaban J connectivity index is 2.06. The van der Waals surface area contributed by atoms with Gasteiger partial charge in [-0.25, -0.2) is 0 Å². The van der Waals surface area contributed by atoms with Gasteiger partial charge in [-0.05, 0) is 17.7 Å². The van der Waals surface area contributed by atoms with Crippen molar-refractivity contribution >= 4 is 11.0 Å². The van der Waals surface area contributed by atoms with Crippen molar-refractivity contribution in [3.63, 3.8) is 0 Å². The van der Waals surface area contributed by atoms with Crippen molar-refractivity contribution in [2.75, 3.05) is 7.11 Å². The van der Waals surface area contributed by atoms with Gasteiger partial charge in [-0.2, -0.15) is 0 Å². The Morgan fingerprint density at radius 3 is 2.39 bits per heavy atom. The van der Waals surface area contributed by atoms with Crippen LogP contribution in [0.1, 0.15) is 17.4 Å². The predicted molar refractivity (Wildman–Crippen MR) is 71.5 cm³/mol. The Morgan fingerprint density at radius 2 is 1.67 bits per heavy atom. The van der Waals surface area contributed by atoms with Crippen molar-refractivity contribution in [1.82, 2.24) is 0 Å². The maximum absolute atomic E-state index is 5.85. The van der Waals surface area contributed by atoms with Gasteiger partial charge < -0.3 is 9.15 Å². The molecule has 0 amide bonds. The number of benzene rings is 2. The zero-order valence-corrected chi connectivity index (χ0v) is 10.2. The molecule has 0 fully saturated rings. The maximum atomic E-state index is 5.85. The molecule has 0 aliphatic rings. The molecular weight excluding hydrogens is 224 g/mol. The quantitative estimate of drug-likeness (QED) is 0.683. The number of para-hydroxylation sites is 1. The molecule has 2 heteroatoms. The first-order valence-corrected chi connectivity index (χ1v) is 5.94. The summed E-state index contributed by atoms with van der Waals surface area (Å²) in [4.78, 5) is 0. The highest BCUT2D eigenvalue weighted by molar-refractivity contribution is 5.77. The van der Waals surface area contributed by atoms with E-state index in [-0.39, 0.29) is 6.10 Å². The monoisotopic (exact) mass is 238 g/mol. The van der Waals surface area contributed by atoms with Crippen LogP contribution in [0.15, 0.2) is 65.1 Å². The molecule has 2 aromatic carbocycles. The van der Waals surface area contributed by atoms with Crippen LogP contribution in [0, 0.1) is 0 Å². The second-order valence-corrected chi connectivity index (χ2v) is 4.21. The molecule has 0 saturated carbocycles. The average Bonchev–Trinajstić information content (AvgIpc) is 2.84. The van der Waals surface area contributed by atoms with E-state index in [1.165, 1.54) is 0 Å². The zero-order chi connectivity index (χ0) is 12.4. The van der Waals surface area contributed by atoms with Crippen LogP contribution in [0.25, 0.3) is 11.0 Å². The summed E-state index contributed by atoms with van der Waals surface area (Å²) in [5, 5.41) is 1.10. The predicted octanol–water partition coefficient (Wildman–Crippen LogP) is 4.17. The van der Waals surface area contributed by atoms with Crippen LogP contribution in [-0.2, 0) is 4.74 Å². The summed E-state index contributed by atoms with van der Waals surface area (Å²) in [6.45, 7) is 0. The van der Waals surface area contributed by atoms with E-state index in [0.29, 0.717) is 0 Å². The summed E-state index contributed by atoms with van der Waals surface area (Å²) in [7, 11) is 1.70. The fourth-order valence-electron chi connectivity index (χ4n) is 2.18. The van der Waals surface area contributed by atoms with Crippen LogP contribution in [0.2, 0.25) is 0 Å². The molecule has 18 heavy (non-hydrogen) atoms. The van der Waals surface area contributed by atoms with Crippen LogP contribution in [0.3, 0.4) is 0 Å². The molecule has 0 N–H and O–H groups in total. The van der Waals surface area contributed by atoms with Gasteiger partial charge in [-0.1, -0.05) is 48.5 Å². The molecule has 90 valence electrons. The van der Waals surface area contributed by atoms with Gasteiger partial charge in [0.15, 0.2) is 0 Å². The Bertz CT molecular complexity index is 607. The third kappa shape index (κ3) is 1.91. The molecule has 0 aliphatic carbocycles. The molecular formula is C16H14O2. The average molecular weight is 238 g/mol. The summed E-state index contributed by atoms with van der Waals surface area (Å²) in [5.41, 5.74) is 1.99. The molecule has 1 unspecified atom stereocenters. The number of methoxy groups -OCH3 is 1. The number of fused-ring (bicyclic) bond motifs is 1. The third-order valence-electron chi connectivity index (χ3n) is 3.04. The van der Waals surface area contributed by atoms with Gasteiger partial charge in [0.2, 0.25) is 0 Å². The minimum atomic E-state index is -0.154. The highest BCUT2D eigenvalue weighted by Gasteiger charge is 2.17. The summed E-state index contributed by atoms with van der Waals surface area (Å²) in [6, 6.07) is 20.1.